The molecule has 3 N–H and O–H groups in total. The summed E-state index contributed by atoms with van der Waals surface area (Å²) >= 11 is 3.33. The minimum atomic E-state index is 0.332. The maximum atomic E-state index is 5.84. The summed E-state index contributed by atoms with van der Waals surface area (Å²) in [5, 5.41) is 7.32. The number of nitrogen functional groups attached to an aromatic ring is 1. The van der Waals surface area contributed by atoms with E-state index in [1.807, 2.05) is 13.0 Å². The van der Waals surface area contributed by atoms with Crippen molar-refractivity contribution in [2.45, 2.75) is 13.3 Å². The lowest BCUT2D eigenvalue weighted by atomic mass is 10.4. The molecule has 0 aromatic carbocycles. The van der Waals surface area contributed by atoms with Gasteiger partial charge >= 0.3 is 0 Å². The highest BCUT2D eigenvalue weighted by atomic mass is 79.9. The van der Waals surface area contributed by atoms with Crippen LogP contribution in [0.15, 0.2) is 16.7 Å². The SMILES string of the molecule is C#CCNc1nc(-n2ccc(CC)n2)nc(N)c1Br. The summed E-state index contributed by atoms with van der Waals surface area (Å²) in [4.78, 5) is 8.53. The standard InChI is InChI=1S/C12H13BrN6/c1-3-6-15-11-9(13)10(14)16-12(17-11)19-7-5-8(4-2)18-19/h1,5,7H,4,6H2,2H3,(H3,14,15,16,17). The van der Waals surface area contributed by atoms with Gasteiger partial charge in [0.25, 0.3) is 5.95 Å². The molecule has 0 aliphatic rings. The van der Waals surface area contributed by atoms with E-state index in [4.69, 9.17) is 12.2 Å². The van der Waals surface area contributed by atoms with Crippen LogP contribution in [0.4, 0.5) is 11.6 Å². The predicted octanol–water partition coefficient (Wildman–Crippen LogP) is 1.61. The van der Waals surface area contributed by atoms with Gasteiger partial charge in [-0.3, -0.25) is 0 Å². The van der Waals surface area contributed by atoms with Crippen LogP contribution < -0.4 is 11.1 Å². The fraction of sp³-hybridized carbons (Fsp3) is 0.250. The van der Waals surface area contributed by atoms with Crippen molar-refractivity contribution in [2.24, 2.45) is 0 Å². The van der Waals surface area contributed by atoms with Gasteiger partial charge < -0.3 is 11.1 Å². The van der Waals surface area contributed by atoms with E-state index < -0.39 is 0 Å². The monoisotopic (exact) mass is 320 g/mol. The average molecular weight is 321 g/mol. The zero-order valence-electron chi connectivity index (χ0n) is 10.4. The van der Waals surface area contributed by atoms with E-state index in [0.29, 0.717) is 28.6 Å². The Bertz CT molecular complexity index is 628. The molecule has 0 spiro atoms. The van der Waals surface area contributed by atoms with Crippen molar-refractivity contribution < 1.29 is 0 Å². The number of hydrogen-bond acceptors (Lipinski definition) is 5. The fourth-order valence-corrected chi connectivity index (χ4v) is 1.79. The molecule has 0 amide bonds. The molecule has 0 bridgehead atoms. The van der Waals surface area contributed by atoms with Gasteiger partial charge in [-0.25, -0.2) is 4.68 Å². The highest BCUT2D eigenvalue weighted by molar-refractivity contribution is 9.10. The summed E-state index contributed by atoms with van der Waals surface area (Å²) in [5.74, 6) is 3.76. The van der Waals surface area contributed by atoms with Gasteiger partial charge in [0.05, 0.1) is 12.2 Å². The number of nitrogens with one attached hydrogen (secondary N) is 1. The molecular formula is C12H13BrN6. The zero-order valence-corrected chi connectivity index (χ0v) is 12.0. The van der Waals surface area contributed by atoms with Gasteiger partial charge in [0.1, 0.15) is 16.1 Å². The smallest absolute Gasteiger partial charge is 0.254 e. The molecule has 0 saturated carbocycles. The number of hydrogen-bond donors (Lipinski definition) is 2. The highest BCUT2D eigenvalue weighted by Crippen LogP contribution is 2.26. The molecule has 6 nitrogen and oxygen atoms in total. The summed E-state index contributed by atoms with van der Waals surface area (Å²) in [6, 6.07) is 1.91. The van der Waals surface area contributed by atoms with Crippen molar-refractivity contribution in [3.8, 4) is 18.3 Å². The first-order chi connectivity index (χ1) is 9.15. The zero-order chi connectivity index (χ0) is 13.8. The summed E-state index contributed by atoms with van der Waals surface area (Å²) in [6.07, 6.45) is 7.86. The molecular weight excluding hydrogens is 308 g/mol. The average Bonchev–Trinajstić information content (AvgIpc) is 2.89. The number of anilines is 2. The first-order valence-electron chi connectivity index (χ1n) is 5.71. The molecule has 0 aliphatic heterocycles. The topological polar surface area (TPSA) is 81.7 Å². The van der Waals surface area contributed by atoms with Crippen molar-refractivity contribution in [3.05, 3.63) is 22.4 Å². The van der Waals surface area contributed by atoms with Crippen LogP contribution in [0.25, 0.3) is 5.95 Å². The fourth-order valence-electron chi connectivity index (χ4n) is 1.47. The van der Waals surface area contributed by atoms with Gasteiger partial charge in [-0.15, -0.1) is 6.42 Å². The number of rotatable bonds is 4. The molecule has 98 valence electrons. The van der Waals surface area contributed by atoms with Crippen LogP contribution in [0.5, 0.6) is 0 Å². The molecule has 0 fully saturated rings. The molecule has 0 aliphatic carbocycles. The van der Waals surface area contributed by atoms with Crippen molar-refractivity contribution >= 4 is 27.6 Å². The van der Waals surface area contributed by atoms with Gasteiger partial charge in [0.15, 0.2) is 0 Å². The third kappa shape index (κ3) is 2.85. The van der Waals surface area contributed by atoms with Gasteiger partial charge in [0, 0.05) is 6.20 Å². The van der Waals surface area contributed by atoms with Crippen molar-refractivity contribution in [1.29, 1.82) is 0 Å². The van der Waals surface area contributed by atoms with Crippen LogP contribution >= 0.6 is 15.9 Å². The van der Waals surface area contributed by atoms with Crippen LogP contribution in [-0.2, 0) is 6.42 Å². The first kappa shape index (κ1) is 13.4. The van der Waals surface area contributed by atoms with Crippen molar-refractivity contribution in [3.63, 3.8) is 0 Å². The maximum absolute atomic E-state index is 5.84. The Morgan fingerprint density at radius 3 is 2.95 bits per heavy atom. The molecule has 2 aromatic heterocycles. The number of aromatic nitrogens is 4. The molecule has 0 saturated heterocycles. The molecule has 2 heterocycles. The summed E-state index contributed by atoms with van der Waals surface area (Å²) in [7, 11) is 0. The Morgan fingerprint density at radius 2 is 2.32 bits per heavy atom. The van der Waals surface area contributed by atoms with E-state index in [0.717, 1.165) is 12.1 Å². The van der Waals surface area contributed by atoms with Gasteiger partial charge in [-0.1, -0.05) is 12.8 Å². The second-order valence-electron chi connectivity index (χ2n) is 3.73. The number of nitrogens with two attached hydrogens (primary N) is 1. The minimum absolute atomic E-state index is 0.332. The molecule has 19 heavy (non-hydrogen) atoms. The number of terminal acetylenes is 1. The highest BCUT2D eigenvalue weighted by Gasteiger charge is 2.11. The third-order valence-electron chi connectivity index (χ3n) is 2.43. The van der Waals surface area contributed by atoms with Gasteiger partial charge in [-0.2, -0.15) is 15.1 Å². The van der Waals surface area contributed by atoms with Crippen LogP contribution in [0, 0.1) is 12.3 Å². The number of halogens is 1. The lowest BCUT2D eigenvalue weighted by Crippen LogP contribution is -2.10. The molecule has 2 rings (SSSR count). The van der Waals surface area contributed by atoms with E-state index in [2.05, 4.69) is 42.2 Å². The second-order valence-corrected chi connectivity index (χ2v) is 4.53. The van der Waals surface area contributed by atoms with E-state index in [1.54, 1.807) is 10.9 Å². The Morgan fingerprint density at radius 1 is 1.53 bits per heavy atom. The maximum Gasteiger partial charge on any atom is 0.254 e. The van der Waals surface area contributed by atoms with Crippen LogP contribution in [0.2, 0.25) is 0 Å². The van der Waals surface area contributed by atoms with E-state index >= 15 is 0 Å². The Hall–Kier alpha value is -2.07. The van der Waals surface area contributed by atoms with E-state index in [1.165, 1.54) is 0 Å². The third-order valence-corrected chi connectivity index (χ3v) is 3.22. The second kappa shape index (κ2) is 5.71. The Kier molecular flexibility index (Phi) is 4.02. The molecule has 7 heteroatoms. The van der Waals surface area contributed by atoms with Crippen LogP contribution in [-0.4, -0.2) is 26.3 Å². The Balaban J connectivity index is 2.41. The van der Waals surface area contributed by atoms with E-state index in [-0.39, 0.29) is 0 Å². The molecule has 2 aromatic rings. The quantitative estimate of drug-likeness (QED) is 0.836. The molecule has 0 atom stereocenters. The van der Waals surface area contributed by atoms with Crippen LogP contribution in [0.1, 0.15) is 12.6 Å². The largest absolute Gasteiger partial charge is 0.383 e. The van der Waals surface area contributed by atoms with Crippen LogP contribution in [0.3, 0.4) is 0 Å². The predicted molar refractivity (Wildman–Crippen MR) is 78.0 cm³/mol. The lowest BCUT2D eigenvalue weighted by molar-refractivity contribution is 0.786. The molecule has 0 unspecified atom stereocenters. The number of aryl methyl sites for hydroxylation is 1. The first-order valence-corrected chi connectivity index (χ1v) is 6.50. The molecule has 0 radical (unpaired) electrons. The lowest BCUT2D eigenvalue weighted by Gasteiger charge is -2.09. The summed E-state index contributed by atoms with van der Waals surface area (Å²) in [5.41, 5.74) is 6.80. The minimum Gasteiger partial charge on any atom is -0.383 e. The summed E-state index contributed by atoms with van der Waals surface area (Å²) < 4.78 is 2.18. The van der Waals surface area contributed by atoms with Crippen molar-refractivity contribution in [1.82, 2.24) is 19.7 Å². The van der Waals surface area contributed by atoms with Gasteiger partial charge in [0.2, 0.25) is 0 Å². The van der Waals surface area contributed by atoms with E-state index in [9.17, 15) is 0 Å². The van der Waals surface area contributed by atoms with Gasteiger partial charge in [-0.05, 0) is 28.4 Å². The number of nitrogens with zero attached hydrogens (tertiary/aromatic N) is 4. The summed E-state index contributed by atoms with van der Waals surface area (Å²) in [6.45, 7) is 2.39. The Labute approximate surface area is 119 Å². The van der Waals surface area contributed by atoms with Crippen molar-refractivity contribution in [2.75, 3.05) is 17.6 Å². The normalized spacial score (nSPS) is 10.2.